The van der Waals surface area contributed by atoms with Gasteiger partial charge in [0.25, 0.3) is 0 Å². The molecule has 0 spiro atoms. The number of thiophene rings is 1. The van der Waals surface area contributed by atoms with E-state index >= 15 is 0 Å². The number of fused-ring (bicyclic) bond motifs is 1. The second kappa shape index (κ2) is 14.0. The van der Waals surface area contributed by atoms with Crippen molar-refractivity contribution in [3.63, 3.8) is 0 Å². The molecule has 46 heavy (non-hydrogen) atoms. The summed E-state index contributed by atoms with van der Waals surface area (Å²) in [6.07, 6.45) is 1.24. The van der Waals surface area contributed by atoms with Crippen molar-refractivity contribution in [2.45, 2.75) is 65.2 Å². The number of benzene rings is 2. The van der Waals surface area contributed by atoms with Crippen molar-refractivity contribution in [1.29, 1.82) is 0 Å². The zero-order valence-corrected chi connectivity index (χ0v) is 26.7. The monoisotopic (exact) mass is 650 g/mol. The number of aromatic nitrogens is 2. The molecule has 3 heterocycles. The first kappa shape index (κ1) is 33.1. The van der Waals surface area contributed by atoms with Gasteiger partial charge in [0.15, 0.2) is 11.6 Å². The van der Waals surface area contributed by atoms with Crippen LogP contribution >= 0.6 is 11.3 Å². The van der Waals surface area contributed by atoms with Gasteiger partial charge in [0.1, 0.15) is 5.82 Å². The summed E-state index contributed by atoms with van der Waals surface area (Å²) in [4.78, 5) is 10.8. The van der Waals surface area contributed by atoms with Crippen LogP contribution in [0.3, 0.4) is 0 Å². The van der Waals surface area contributed by atoms with Gasteiger partial charge in [-0.15, -0.1) is 11.3 Å². The summed E-state index contributed by atoms with van der Waals surface area (Å²) in [6, 6.07) is 14.7. The topological polar surface area (TPSA) is 49.8 Å². The van der Waals surface area contributed by atoms with Crippen molar-refractivity contribution in [1.82, 2.24) is 15.3 Å². The number of aryl methyl sites for hydroxylation is 1. The Morgan fingerprint density at radius 2 is 1.74 bits per heavy atom. The quantitative estimate of drug-likeness (QED) is 0.132. The van der Waals surface area contributed by atoms with Crippen LogP contribution in [0.1, 0.15) is 72.2 Å². The maximum atomic E-state index is 13.7. The lowest BCUT2D eigenvalue weighted by Crippen LogP contribution is -2.15. The lowest BCUT2D eigenvalue weighted by molar-refractivity contribution is -0.137. The summed E-state index contributed by atoms with van der Waals surface area (Å²) in [5.74, 6) is -1.38. The molecule has 0 aliphatic heterocycles. The first-order chi connectivity index (χ1) is 22.0. The van der Waals surface area contributed by atoms with Crippen LogP contribution in [0.25, 0.3) is 27.0 Å². The third kappa shape index (κ3) is 7.39. The van der Waals surface area contributed by atoms with Gasteiger partial charge in [-0.25, -0.2) is 13.8 Å². The van der Waals surface area contributed by atoms with Crippen LogP contribution in [0.15, 0.2) is 73.6 Å². The zero-order valence-electron chi connectivity index (χ0n) is 25.9. The first-order valence-electron chi connectivity index (χ1n) is 15.2. The van der Waals surface area contributed by atoms with E-state index in [1.54, 1.807) is 11.3 Å². The van der Waals surface area contributed by atoms with Crippen LogP contribution in [0.4, 0.5) is 27.8 Å². The molecule has 0 amide bonds. The van der Waals surface area contributed by atoms with Crippen LogP contribution < -0.4 is 10.6 Å². The molecule has 0 saturated carbocycles. The Labute approximate surface area is 269 Å². The molecule has 2 aromatic carbocycles. The number of hydrogen-bond acceptors (Lipinski definition) is 5. The number of alkyl halides is 3. The third-order valence-electron chi connectivity index (χ3n) is 8.02. The highest BCUT2D eigenvalue weighted by Crippen LogP contribution is 2.36. The molecule has 5 rings (SSSR count). The van der Waals surface area contributed by atoms with E-state index in [4.69, 9.17) is 4.98 Å². The van der Waals surface area contributed by atoms with E-state index in [-0.39, 0.29) is 23.6 Å². The number of anilines is 1. The van der Waals surface area contributed by atoms with Gasteiger partial charge < -0.3 is 10.6 Å². The largest absolute Gasteiger partial charge is 0.417 e. The molecule has 240 valence electrons. The number of halogens is 5. The standard InChI is InChI=1S/C36H35F5N4S/c1-5-7-25-18-43-32-12-9-24(15-29(32)34(25)21(3)6-2)33-13-10-27(46-33)20-45-35-28(16-26(19-44-35)36(39,40)41)22(4)42-17-23-8-11-30(37)31(38)14-23/h8-16,18-19,21,42H,4-7,17,20H2,1-3H3,(H,44,45). The van der Waals surface area contributed by atoms with E-state index in [2.05, 4.69) is 61.2 Å². The molecule has 5 aromatic rings. The normalized spacial score (nSPS) is 12.3. The van der Waals surface area contributed by atoms with E-state index < -0.39 is 23.4 Å². The molecule has 4 nitrogen and oxygen atoms in total. The fourth-order valence-corrected chi connectivity index (χ4v) is 6.35. The lowest BCUT2D eigenvalue weighted by atomic mass is 9.89. The van der Waals surface area contributed by atoms with Crippen molar-refractivity contribution in [3.05, 3.63) is 118 Å². The summed E-state index contributed by atoms with van der Waals surface area (Å²) in [7, 11) is 0. The molecule has 3 aromatic heterocycles. The highest BCUT2D eigenvalue weighted by molar-refractivity contribution is 7.15. The van der Waals surface area contributed by atoms with Crippen LogP contribution in [-0.2, 0) is 25.7 Å². The number of nitrogens with zero attached hydrogens (tertiary/aromatic N) is 2. The molecule has 0 aliphatic carbocycles. The average Bonchev–Trinajstić information content (AvgIpc) is 3.52. The maximum Gasteiger partial charge on any atom is 0.417 e. The molecule has 0 saturated heterocycles. The summed E-state index contributed by atoms with van der Waals surface area (Å²) in [5, 5.41) is 7.24. The molecule has 2 N–H and O–H groups in total. The highest BCUT2D eigenvalue weighted by Gasteiger charge is 2.32. The Balaban J connectivity index is 1.37. The van der Waals surface area contributed by atoms with Gasteiger partial charge in [-0.2, -0.15) is 13.2 Å². The van der Waals surface area contributed by atoms with Gasteiger partial charge in [-0.1, -0.05) is 45.9 Å². The molecule has 10 heteroatoms. The molecular weight excluding hydrogens is 615 g/mol. The van der Waals surface area contributed by atoms with E-state index in [1.807, 2.05) is 18.3 Å². The van der Waals surface area contributed by atoms with Crippen LogP contribution in [0.2, 0.25) is 0 Å². The Morgan fingerprint density at radius 3 is 2.46 bits per heavy atom. The number of hydrogen-bond donors (Lipinski definition) is 2. The first-order valence-corrected chi connectivity index (χ1v) is 16.0. The minimum atomic E-state index is -4.61. The van der Waals surface area contributed by atoms with Crippen LogP contribution in [-0.4, -0.2) is 9.97 Å². The van der Waals surface area contributed by atoms with Gasteiger partial charge in [-0.3, -0.25) is 4.98 Å². The van der Waals surface area contributed by atoms with Gasteiger partial charge >= 0.3 is 6.18 Å². The molecule has 0 radical (unpaired) electrons. The van der Waals surface area contributed by atoms with Gasteiger partial charge in [0.05, 0.1) is 17.6 Å². The molecule has 1 atom stereocenters. The fourth-order valence-electron chi connectivity index (χ4n) is 5.41. The van der Waals surface area contributed by atoms with E-state index in [0.717, 1.165) is 64.5 Å². The van der Waals surface area contributed by atoms with Gasteiger partial charge in [0, 0.05) is 45.3 Å². The van der Waals surface area contributed by atoms with Crippen molar-refractivity contribution in [3.8, 4) is 10.4 Å². The fraction of sp³-hybridized carbons (Fsp3) is 0.278. The zero-order chi connectivity index (χ0) is 33.0. The molecule has 0 bridgehead atoms. The van der Waals surface area contributed by atoms with Crippen molar-refractivity contribution in [2.24, 2.45) is 0 Å². The summed E-state index contributed by atoms with van der Waals surface area (Å²) < 4.78 is 67.7. The molecular formula is C36H35F5N4S. The van der Waals surface area contributed by atoms with E-state index in [0.29, 0.717) is 18.0 Å². The summed E-state index contributed by atoms with van der Waals surface area (Å²) in [5.41, 5.74) is 4.45. The van der Waals surface area contributed by atoms with Crippen LogP contribution in [0.5, 0.6) is 0 Å². The molecule has 0 aliphatic rings. The SMILES string of the molecule is C=C(NCc1ccc(F)c(F)c1)c1cc(C(F)(F)F)cnc1NCc1ccc(-c2ccc3ncc(CCC)c(C(C)CC)c3c2)s1. The van der Waals surface area contributed by atoms with E-state index in [9.17, 15) is 22.0 Å². The number of nitrogens with one attached hydrogen (secondary N) is 2. The lowest BCUT2D eigenvalue weighted by Gasteiger charge is -2.18. The maximum absolute atomic E-state index is 13.7. The number of rotatable bonds is 12. The van der Waals surface area contributed by atoms with Crippen LogP contribution in [0, 0.1) is 11.6 Å². The second-order valence-electron chi connectivity index (χ2n) is 11.3. The van der Waals surface area contributed by atoms with Gasteiger partial charge in [0.2, 0.25) is 0 Å². The Kier molecular flexibility index (Phi) is 10.1. The predicted octanol–water partition coefficient (Wildman–Crippen LogP) is 10.5. The van der Waals surface area contributed by atoms with Gasteiger partial charge in [-0.05, 0) is 83.5 Å². The minimum absolute atomic E-state index is 0.0277. The average molecular weight is 651 g/mol. The Bertz CT molecular complexity index is 1860. The number of pyridine rings is 2. The summed E-state index contributed by atoms with van der Waals surface area (Å²) >= 11 is 1.59. The molecule has 0 fully saturated rings. The smallest absolute Gasteiger partial charge is 0.381 e. The van der Waals surface area contributed by atoms with Crippen molar-refractivity contribution < 1.29 is 22.0 Å². The Hall–Kier alpha value is -4.31. The minimum Gasteiger partial charge on any atom is -0.381 e. The van der Waals surface area contributed by atoms with Crippen molar-refractivity contribution in [2.75, 3.05) is 5.32 Å². The van der Waals surface area contributed by atoms with E-state index in [1.165, 1.54) is 22.6 Å². The predicted molar refractivity (Wildman–Crippen MR) is 177 cm³/mol. The highest BCUT2D eigenvalue weighted by atomic mass is 32.1. The molecule has 1 unspecified atom stereocenters. The van der Waals surface area contributed by atoms with Crippen molar-refractivity contribution >= 4 is 33.8 Å². The third-order valence-corrected chi connectivity index (χ3v) is 9.16. The summed E-state index contributed by atoms with van der Waals surface area (Å²) in [6.45, 7) is 10.9. The Morgan fingerprint density at radius 1 is 0.935 bits per heavy atom. The second-order valence-corrected chi connectivity index (χ2v) is 12.5.